The molecule has 108 valence electrons. The first-order valence-electron chi connectivity index (χ1n) is 6.51. The predicted octanol–water partition coefficient (Wildman–Crippen LogP) is 2.17. The van der Waals surface area contributed by atoms with E-state index < -0.39 is 10.0 Å². The second-order valence-corrected chi connectivity index (χ2v) is 7.38. The van der Waals surface area contributed by atoms with Crippen molar-refractivity contribution in [3.8, 4) is 0 Å². The van der Waals surface area contributed by atoms with E-state index in [4.69, 9.17) is 5.73 Å². The Morgan fingerprint density at radius 2 is 1.95 bits per heavy atom. The van der Waals surface area contributed by atoms with Crippen molar-refractivity contribution >= 4 is 10.0 Å². The first-order valence-corrected chi connectivity index (χ1v) is 7.99. The number of benzene rings is 1. The summed E-state index contributed by atoms with van der Waals surface area (Å²) in [6.07, 6.45) is 0.914. The quantitative estimate of drug-likeness (QED) is 0.841. The molecule has 0 spiro atoms. The van der Waals surface area contributed by atoms with Gasteiger partial charge in [-0.25, -0.2) is 13.1 Å². The third-order valence-electron chi connectivity index (χ3n) is 3.48. The van der Waals surface area contributed by atoms with Crippen molar-refractivity contribution in [1.82, 2.24) is 4.72 Å². The van der Waals surface area contributed by atoms with Gasteiger partial charge < -0.3 is 5.73 Å². The molecule has 0 aliphatic carbocycles. The van der Waals surface area contributed by atoms with Crippen molar-refractivity contribution in [2.75, 3.05) is 6.54 Å². The molecule has 0 fully saturated rings. The van der Waals surface area contributed by atoms with Gasteiger partial charge in [0, 0.05) is 13.1 Å². The fraction of sp³-hybridized carbons (Fsp3) is 0.571. The van der Waals surface area contributed by atoms with Gasteiger partial charge in [0.25, 0.3) is 0 Å². The maximum Gasteiger partial charge on any atom is 0.240 e. The molecule has 1 rings (SSSR count). The van der Waals surface area contributed by atoms with Gasteiger partial charge in [-0.15, -0.1) is 0 Å². The average molecular weight is 284 g/mol. The van der Waals surface area contributed by atoms with E-state index in [1.807, 2.05) is 19.9 Å². The zero-order chi connectivity index (χ0) is 14.7. The van der Waals surface area contributed by atoms with Crippen LogP contribution in [0.15, 0.2) is 23.1 Å². The fourth-order valence-electron chi connectivity index (χ4n) is 1.55. The Balaban J connectivity index is 3.00. The van der Waals surface area contributed by atoms with E-state index in [1.54, 1.807) is 19.1 Å². The van der Waals surface area contributed by atoms with E-state index in [-0.39, 0.29) is 5.41 Å². The van der Waals surface area contributed by atoms with Gasteiger partial charge in [-0.05, 0) is 36.0 Å². The highest BCUT2D eigenvalue weighted by atomic mass is 32.2. The maximum absolute atomic E-state index is 12.3. The minimum Gasteiger partial charge on any atom is -0.326 e. The third-order valence-corrected chi connectivity index (χ3v) is 5.02. The van der Waals surface area contributed by atoms with Gasteiger partial charge in [-0.3, -0.25) is 0 Å². The number of sulfonamides is 1. The lowest BCUT2D eigenvalue weighted by Crippen LogP contribution is -2.34. The molecule has 0 aliphatic heterocycles. The summed E-state index contributed by atoms with van der Waals surface area (Å²) >= 11 is 0. The highest BCUT2D eigenvalue weighted by molar-refractivity contribution is 7.89. The van der Waals surface area contributed by atoms with Gasteiger partial charge in [0.05, 0.1) is 4.90 Å². The number of aryl methyl sites for hydroxylation is 1. The van der Waals surface area contributed by atoms with Crippen molar-refractivity contribution in [2.45, 2.75) is 45.6 Å². The van der Waals surface area contributed by atoms with Crippen LogP contribution in [-0.4, -0.2) is 15.0 Å². The van der Waals surface area contributed by atoms with Gasteiger partial charge in [0.1, 0.15) is 0 Å². The van der Waals surface area contributed by atoms with E-state index in [2.05, 4.69) is 11.6 Å². The topological polar surface area (TPSA) is 72.2 Å². The molecule has 1 aromatic carbocycles. The number of nitrogens with two attached hydrogens (primary N) is 1. The molecular weight excluding hydrogens is 260 g/mol. The van der Waals surface area contributed by atoms with Crippen molar-refractivity contribution < 1.29 is 8.42 Å². The Kier molecular flexibility index (Phi) is 5.12. The Morgan fingerprint density at radius 3 is 2.47 bits per heavy atom. The van der Waals surface area contributed by atoms with Crippen LogP contribution < -0.4 is 10.5 Å². The molecular formula is C14H24N2O2S. The summed E-state index contributed by atoms with van der Waals surface area (Å²) in [6.45, 7) is 8.69. The van der Waals surface area contributed by atoms with Crippen LogP contribution in [0.3, 0.4) is 0 Å². The second-order valence-electron chi connectivity index (χ2n) is 5.65. The van der Waals surface area contributed by atoms with Gasteiger partial charge in [0.2, 0.25) is 10.0 Å². The SMILES string of the molecule is CCC(C)(C)CNS(=O)(=O)c1cc(CN)ccc1C. The Morgan fingerprint density at radius 1 is 1.32 bits per heavy atom. The number of rotatable bonds is 6. The highest BCUT2D eigenvalue weighted by Gasteiger charge is 2.22. The van der Waals surface area contributed by atoms with Crippen molar-refractivity contribution in [2.24, 2.45) is 11.1 Å². The van der Waals surface area contributed by atoms with Crippen LogP contribution in [0.1, 0.15) is 38.3 Å². The summed E-state index contributed by atoms with van der Waals surface area (Å²) < 4.78 is 27.4. The lowest BCUT2D eigenvalue weighted by atomic mass is 9.91. The van der Waals surface area contributed by atoms with Crippen LogP contribution >= 0.6 is 0 Å². The minimum absolute atomic E-state index is 0.0492. The maximum atomic E-state index is 12.3. The molecule has 0 bridgehead atoms. The van der Waals surface area contributed by atoms with Crippen LogP contribution in [0, 0.1) is 12.3 Å². The van der Waals surface area contributed by atoms with Crippen LogP contribution in [0.5, 0.6) is 0 Å². The number of nitrogens with one attached hydrogen (secondary N) is 1. The summed E-state index contributed by atoms with van der Waals surface area (Å²) in [6, 6.07) is 5.29. The second kappa shape index (κ2) is 6.03. The smallest absolute Gasteiger partial charge is 0.240 e. The molecule has 0 unspecified atom stereocenters. The van der Waals surface area contributed by atoms with Crippen LogP contribution in [-0.2, 0) is 16.6 Å². The molecule has 0 saturated carbocycles. The van der Waals surface area contributed by atoms with Gasteiger partial charge in [-0.1, -0.05) is 32.9 Å². The molecule has 0 radical (unpaired) electrons. The van der Waals surface area contributed by atoms with Gasteiger partial charge in [0.15, 0.2) is 0 Å². The molecule has 3 N–H and O–H groups in total. The van der Waals surface area contributed by atoms with Crippen LogP contribution in [0.25, 0.3) is 0 Å². The summed E-state index contributed by atoms with van der Waals surface area (Å²) in [5, 5.41) is 0. The monoisotopic (exact) mass is 284 g/mol. The zero-order valence-electron chi connectivity index (χ0n) is 12.2. The molecule has 4 nitrogen and oxygen atoms in total. The Bertz CT molecular complexity index is 536. The lowest BCUT2D eigenvalue weighted by Gasteiger charge is -2.23. The Hall–Kier alpha value is -0.910. The molecule has 0 aromatic heterocycles. The highest BCUT2D eigenvalue weighted by Crippen LogP contribution is 2.21. The molecule has 0 atom stereocenters. The van der Waals surface area contributed by atoms with Crippen LogP contribution in [0.2, 0.25) is 0 Å². The van der Waals surface area contributed by atoms with Gasteiger partial charge >= 0.3 is 0 Å². The van der Waals surface area contributed by atoms with E-state index in [0.717, 1.165) is 17.5 Å². The third kappa shape index (κ3) is 4.30. The molecule has 5 heteroatoms. The standard InChI is InChI=1S/C14H24N2O2S/c1-5-14(3,4)10-16-19(17,18)13-8-12(9-15)7-6-11(13)2/h6-8,16H,5,9-10,15H2,1-4H3. The number of hydrogen-bond donors (Lipinski definition) is 2. The van der Waals surface area contributed by atoms with E-state index >= 15 is 0 Å². The molecule has 0 amide bonds. The zero-order valence-corrected chi connectivity index (χ0v) is 13.0. The predicted molar refractivity (Wildman–Crippen MR) is 78.3 cm³/mol. The normalized spacial score (nSPS) is 12.7. The summed E-state index contributed by atoms with van der Waals surface area (Å²) in [7, 11) is -3.47. The largest absolute Gasteiger partial charge is 0.326 e. The van der Waals surface area contributed by atoms with Crippen molar-refractivity contribution in [3.05, 3.63) is 29.3 Å². The molecule has 1 aromatic rings. The first kappa shape index (κ1) is 16.1. The van der Waals surface area contributed by atoms with Gasteiger partial charge in [-0.2, -0.15) is 0 Å². The van der Waals surface area contributed by atoms with Crippen molar-refractivity contribution in [1.29, 1.82) is 0 Å². The van der Waals surface area contributed by atoms with E-state index in [9.17, 15) is 8.42 Å². The minimum atomic E-state index is -3.47. The van der Waals surface area contributed by atoms with Crippen LogP contribution in [0.4, 0.5) is 0 Å². The fourth-order valence-corrected chi connectivity index (χ4v) is 3.09. The molecule has 0 saturated heterocycles. The first-order chi connectivity index (χ1) is 8.72. The lowest BCUT2D eigenvalue weighted by molar-refractivity contribution is 0.350. The molecule has 0 aliphatic rings. The number of hydrogen-bond acceptors (Lipinski definition) is 3. The Labute approximate surface area is 116 Å². The summed E-state index contributed by atoms with van der Waals surface area (Å²) in [5.74, 6) is 0. The molecule has 0 heterocycles. The van der Waals surface area contributed by atoms with Crippen molar-refractivity contribution in [3.63, 3.8) is 0 Å². The average Bonchev–Trinajstić information content (AvgIpc) is 2.37. The summed E-state index contributed by atoms with van der Waals surface area (Å²) in [4.78, 5) is 0.322. The van der Waals surface area contributed by atoms with E-state index in [0.29, 0.717) is 18.0 Å². The molecule has 19 heavy (non-hydrogen) atoms. The van der Waals surface area contributed by atoms with E-state index in [1.165, 1.54) is 0 Å². The summed E-state index contributed by atoms with van der Waals surface area (Å²) in [5.41, 5.74) is 7.07.